The van der Waals surface area contributed by atoms with Crippen molar-refractivity contribution in [2.45, 2.75) is 26.5 Å². The average molecular weight is 290 g/mol. The third kappa shape index (κ3) is 3.68. The molecule has 0 aliphatic heterocycles. The van der Waals surface area contributed by atoms with E-state index < -0.39 is 6.10 Å². The van der Waals surface area contributed by atoms with Gasteiger partial charge in [0.15, 0.2) is 0 Å². The van der Waals surface area contributed by atoms with Gasteiger partial charge in [-0.2, -0.15) is 5.10 Å². The molecule has 0 saturated carbocycles. The minimum absolute atomic E-state index is 0.179. The second-order valence-corrected chi connectivity index (χ2v) is 4.72. The van der Waals surface area contributed by atoms with E-state index in [4.69, 9.17) is 16.3 Å². The van der Waals surface area contributed by atoms with Gasteiger partial charge in [0.25, 0.3) is 5.91 Å². The number of amides is 1. The van der Waals surface area contributed by atoms with E-state index in [2.05, 4.69) is 5.10 Å². The highest BCUT2D eigenvalue weighted by Gasteiger charge is 2.23. The zero-order valence-corrected chi connectivity index (χ0v) is 12.4. The molecule has 7 heteroatoms. The van der Waals surface area contributed by atoms with Gasteiger partial charge >= 0.3 is 0 Å². The van der Waals surface area contributed by atoms with Gasteiger partial charge in [-0.3, -0.25) is 9.48 Å². The van der Waals surface area contributed by atoms with Crippen molar-refractivity contribution >= 4 is 17.5 Å². The molecule has 0 radical (unpaired) electrons. The number of hydrogen-bond acceptors (Lipinski definition) is 4. The summed E-state index contributed by atoms with van der Waals surface area (Å²) >= 11 is 6.13. The first kappa shape index (κ1) is 15.9. The summed E-state index contributed by atoms with van der Waals surface area (Å²) in [6.45, 7) is 4.60. The molecule has 1 amide bonds. The van der Waals surface area contributed by atoms with Gasteiger partial charge in [0.05, 0.1) is 24.0 Å². The van der Waals surface area contributed by atoms with Crippen LogP contribution in [0.5, 0.6) is 0 Å². The van der Waals surface area contributed by atoms with E-state index in [0.29, 0.717) is 23.0 Å². The summed E-state index contributed by atoms with van der Waals surface area (Å²) in [5.41, 5.74) is 0.973. The van der Waals surface area contributed by atoms with Gasteiger partial charge in [0, 0.05) is 27.2 Å². The molecule has 1 atom stereocenters. The van der Waals surface area contributed by atoms with Gasteiger partial charge in [0.1, 0.15) is 5.15 Å². The summed E-state index contributed by atoms with van der Waals surface area (Å²) in [7, 11) is 3.11. The molecule has 108 valence electrons. The molecule has 1 N–H and O–H groups in total. The molecule has 19 heavy (non-hydrogen) atoms. The van der Waals surface area contributed by atoms with Crippen molar-refractivity contribution in [3.05, 3.63) is 16.4 Å². The van der Waals surface area contributed by atoms with Gasteiger partial charge in [0.2, 0.25) is 0 Å². The van der Waals surface area contributed by atoms with Crippen molar-refractivity contribution < 1.29 is 14.6 Å². The second kappa shape index (κ2) is 6.88. The Hall–Kier alpha value is -1.11. The van der Waals surface area contributed by atoms with Crippen molar-refractivity contribution in [2.24, 2.45) is 0 Å². The first-order valence-electron chi connectivity index (χ1n) is 6.07. The number of carbonyl (C=O) groups excluding carboxylic acids is 1. The van der Waals surface area contributed by atoms with Crippen molar-refractivity contribution in [1.29, 1.82) is 0 Å². The number of nitrogens with zero attached hydrogens (tertiary/aromatic N) is 3. The summed E-state index contributed by atoms with van der Waals surface area (Å²) in [4.78, 5) is 13.7. The van der Waals surface area contributed by atoms with Crippen LogP contribution < -0.4 is 0 Å². The van der Waals surface area contributed by atoms with Crippen molar-refractivity contribution in [1.82, 2.24) is 14.7 Å². The highest BCUT2D eigenvalue weighted by atomic mass is 35.5. The minimum Gasteiger partial charge on any atom is -0.389 e. The van der Waals surface area contributed by atoms with Gasteiger partial charge in [-0.1, -0.05) is 11.6 Å². The highest BCUT2D eigenvalue weighted by molar-refractivity contribution is 6.33. The molecular formula is C12H20ClN3O3. The Morgan fingerprint density at radius 1 is 1.63 bits per heavy atom. The van der Waals surface area contributed by atoms with Crippen LogP contribution >= 0.6 is 11.6 Å². The highest BCUT2D eigenvalue weighted by Crippen LogP contribution is 2.21. The molecule has 1 unspecified atom stereocenters. The van der Waals surface area contributed by atoms with Crippen LogP contribution in [-0.2, 0) is 11.3 Å². The fraction of sp³-hybridized carbons (Fsp3) is 0.667. The maximum atomic E-state index is 12.3. The Labute approximate surface area is 117 Å². The zero-order valence-electron chi connectivity index (χ0n) is 11.7. The molecule has 0 aliphatic rings. The number of likely N-dealkylation sites (N-methyl/N-ethyl adjacent to an activating group) is 1. The van der Waals surface area contributed by atoms with Crippen molar-refractivity contribution in [2.75, 3.05) is 27.3 Å². The number of aliphatic hydroxyl groups excluding tert-OH is 1. The van der Waals surface area contributed by atoms with Gasteiger partial charge in [-0.15, -0.1) is 0 Å². The van der Waals surface area contributed by atoms with Crippen molar-refractivity contribution in [3.63, 3.8) is 0 Å². The summed E-state index contributed by atoms with van der Waals surface area (Å²) in [5.74, 6) is -0.252. The van der Waals surface area contributed by atoms with Crippen LogP contribution in [0.3, 0.4) is 0 Å². The quantitative estimate of drug-likeness (QED) is 0.846. The van der Waals surface area contributed by atoms with Crippen LogP contribution in [0, 0.1) is 6.92 Å². The summed E-state index contributed by atoms with van der Waals surface area (Å²) < 4.78 is 6.40. The fourth-order valence-corrected chi connectivity index (χ4v) is 2.22. The number of carbonyl (C=O) groups is 1. The van der Waals surface area contributed by atoms with Crippen LogP contribution in [0.4, 0.5) is 0 Å². The Morgan fingerprint density at radius 2 is 2.26 bits per heavy atom. The Balaban J connectivity index is 2.85. The summed E-state index contributed by atoms with van der Waals surface area (Å²) in [5, 5.41) is 14.2. The van der Waals surface area contributed by atoms with Gasteiger partial charge in [-0.05, 0) is 13.8 Å². The average Bonchev–Trinajstić information content (AvgIpc) is 2.63. The Morgan fingerprint density at radius 3 is 2.74 bits per heavy atom. The van der Waals surface area contributed by atoms with Gasteiger partial charge < -0.3 is 14.7 Å². The van der Waals surface area contributed by atoms with E-state index in [9.17, 15) is 9.90 Å². The van der Waals surface area contributed by atoms with E-state index in [1.807, 2.05) is 6.92 Å². The smallest absolute Gasteiger partial charge is 0.258 e. The largest absolute Gasteiger partial charge is 0.389 e. The molecule has 1 heterocycles. The van der Waals surface area contributed by atoms with Crippen LogP contribution in [0.15, 0.2) is 0 Å². The lowest BCUT2D eigenvalue weighted by atomic mass is 10.2. The van der Waals surface area contributed by atoms with E-state index >= 15 is 0 Å². The molecule has 1 aromatic rings. The first-order valence-corrected chi connectivity index (χ1v) is 6.45. The van der Waals surface area contributed by atoms with E-state index in [1.54, 1.807) is 18.7 Å². The molecule has 1 aromatic heterocycles. The number of hydrogen-bond donors (Lipinski definition) is 1. The SMILES string of the molecule is CCn1nc(C)c(C(=O)N(C)CC(O)COC)c1Cl. The van der Waals surface area contributed by atoms with E-state index in [-0.39, 0.29) is 19.1 Å². The zero-order chi connectivity index (χ0) is 14.6. The third-order valence-corrected chi connectivity index (χ3v) is 3.15. The molecule has 6 nitrogen and oxygen atoms in total. The molecule has 1 rings (SSSR count). The molecule has 0 aromatic carbocycles. The lowest BCUT2D eigenvalue weighted by Gasteiger charge is -2.20. The lowest BCUT2D eigenvalue weighted by molar-refractivity contribution is 0.0380. The number of aryl methyl sites for hydroxylation is 2. The minimum atomic E-state index is -0.723. The van der Waals surface area contributed by atoms with E-state index in [1.165, 1.54) is 12.0 Å². The molecule has 0 aliphatic carbocycles. The summed E-state index contributed by atoms with van der Waals surface area (Å²) in [6.07, 6.45) is -0.723. The molecular weight excluding hydrogens is 270 g/mol. The standard InChI is InChI=1S/C12H20ClN3O3/c1-5-16-11(13)10(8(2)14-16)12(18)15(3)6-9(17)7-19-4/h9,17H,5-7H2,1-4H3. The predicted molar refractivity (Wildman–Crippen MR) is 72.5 cm³/mol. The van der Waals surface area contributed by atoms with Crippen LogP contribution in [0.25, 0.3) is 0 Å². The maximum Gasteiger partial charge on any atom is 0.258 e. The number of rotatable bonds is 6. The molecule has 0 fully saturated rings. The number of aliphatic hydroxyl groups is 1. The third-order valence-electron chi connectivity index (χ3n) is 2.77. The monoisotopic (exact) mass is 289 g/mol. The number of aromatic nitrogens is 2. The van der Waals surface area contributed by atoms with Gasteiger partial charge in [-0.25, -0.2) is 0 Å². The second-order valence-electron chi connectivity index (χ2n) is 4.36. The maximum absolute atomic E-state index is 12.3. The topological polar surface area (TPSA) is 67.6 Å². The fourth-order valence-electron chi connectivity index (χ4n) is 1.84. The Bertz CT molecular complexity index is 448. The number of halogens is 1. The molecule has 0 bridgehead atoms. The number of methoxy groups -OCH3 is 1. The predicted octanol–water partition coefficient (Wildman–Crippen LogP) is 0.944. The molecule has 0 saturated heterocycles. The normalized spacial score (nSPS) is 12.5. The van der Waals surface area contributed by atoms with Crippen LogP contribution in [-0.4, -0.2) is 59.1 Å². The lowest BCUT2D eigenvalue weighted by Crippen LogP contribution is -2.36. The number of ether oxygens (including phenoxy) is 1. The van der Waals surface area contributed by atoms with Crippen LogP contribution in [0.2, 0.25) is 5.15 Å². The van der Waals surface area contributed by atoms with E-state index in [0.717, 1.165) is 0 Å². The first-order chi connectivity index (χ1) is 8.92. The van der Waals surface area contributed by atoms with Crippen molar-refractivity contribution in [3.8, 4) is 0 Å². The van der Waals surface area contributed by atoms with Crippen LogP contribution in [0.1, 0.15) is 23.0 Å². The Kier molecular flexibility index (Phi) is 5.78. The summed E-state index contributed by atoms with van der Waals surface area (Å²) in [6, 6.07) is 0. The molecule has 0 spiro atoms.